The van der Waals surface area contributed by atoms with E-state index in [1.807, 2.05) is 12.1 Å². The third-order valence-corrected chi connectivity index (χ3v) is 3.12. The lowest BCUT2D eigenvalue weighted by atomic mass is 10.1. The van der Waals surface area contributed by atoms with Crippen LogP contribution in [0.4, 0.5) is 5.69 Å². The van der Waals surface area contributed by atoms with Crippen molar-refractivity contribution in [2.24, 2.45) is 0 Å². The summed E-state index contributed by atoms with van der Waals surface area (Å²) in [7, 11) is 0. The average molecular weight is 301 g/mol. The predicted octanol–water partition coefficient (Wildman–Crippen LogP) is 3.20. The second-order valence-corrected chi connectivity index (χ2v) is 4.25. The molecule has 1 aliphatic rings. The predicted molar refractivity (Wildman–Crippen MR) is 72.5 cm³/mol. The number of nitro benzene ring substituents is 1. The Kier molecular flexibility index (Phi) is 5.58. The van der Waals surface area contributed by atoms with Crippen LogP contribution in [-0.2, 0) is 6.54 Å². The minimum Gasteiger partial charge on any atom is -0.310 e. The number of benzene rings is 1. The van der Waals surface area contributed by atoms with Gasteiger partial charge in [-0.15, -0.1) is 17.0 Å². The van der Waals surface area contributed by atoms with E-state index in [1.54, 1.807) is 12.1 Å². The smallest absolute Gasteiger partial charge is 0.273 e. The Bertz CT molecular complexity index is 379. The minimum absolute atomic E-state index is 0. The average Bonchev–Trinajstić information content (AvgIpc) is 2.79. The molecule has 5 heteroatoms. The molecule has 0 unspecified atom stereocenters. The summed E-state index contributed by atoms with van der Waals surface area (Å²) in [5, 5.41) is 14.2. The maximum absolute atomic E-state index is 10.8. The lowest BCUT2D eigenvalue weighted by Crippen LogP contribution is -2.25. The molecule has 0 saturated heterocycles. The first-order valence-electron chi connectivity index (χ1n) is 5.73. The highest BCUT2D eigenvalue weighted by atomic mass is 79.9. The van der Waals surface area contributed by atoms with Crippen molar-refractivity contribution in [3.05, 3.63) is 39.9 Å². The number of rotatable bonds is 4. The molecule has 17 heavy (non-hydrogen) atoms. The van der Waals surface area contributed by atoms with E-state index in [2.05, 4.69) is 5.32 Å². The molecule has 2 rings (SSSR count). The van der Waals surface area contributed by atoms with E-state index in [0.717, 1.165) is 5.56 Å². The highest BCUT2D eigenvalue weighted by Crippen LogP contribution is 2.21. The van der Waals surface area contributed by atoms with Gasteiger partial charge in [0, 0.05) is 24.2 Å². The standard InChI is InChI=1S/C12H16N2O2.BrH/c15-14(16)12-8-4-1-5-10(12)9-13-11-6-2-3-7-11;/h1,4-5,8,11,13H,2-3,6-7,9H2;1H. The van der Waals surface area contributed by atoms with Crippen LogP contribution in [0.1, 0.15) is 31.2 Å². The number of nitro groups is 1. The molecule has 0 bridgehead atoms. The Hall–Kier alpha value is -0.940. The van der Waals surface area contributed by atoms with Crippen molar-refractivity contribution in [3.63, 3.8) is 0 Å². The topological polar surface area (TPSA) is 55.2 Å². The van der Waals surface area contributed by atoms with Gasteiger partial charge < -0.3 is 5.32 Å². The molecule has 0 atom stereocenters. The largest absolute Gasteiger partial charge is 0.310 e. The first-order chi connectivity index (χ1) is 7.77. The number of nitrogens with zero attached hydrogens (tertiary/aromatic N) is 1. The molecule has 4 nitrogen and oxygen atoms in total. The summed E-state index contributed by atoms with van der Waals surface area (Å²) in [4.78, 5) is 10.5. The molecule has 1 aromatic rings. The van der Waals surface area contributed by atoms with Crippen LogP contribution in [-0.4, -0.2) is 11.0 Å². The number of hydrogen-bond donors (Lipinski definition) is 1. The van der Waals surface area contributed by atoms with Crippen molar-refractivity contribution in [1.82, 2.24) is 5.32 Å². The van der Waals surface area contributed by atoms with Crippen LogP contribution >= 0.6 is 17.0 Å². The summed E-state index contributed by atoms with van der Waals surface area (Å²) < 4.78 is 0. The van der Waals surface area contributed by atoms with E-state index in [1.165, 1.54) is 25.7 Å². The van der Waals surface area contributed by atoms with Crippen molar-refractivity contribution in [2.45, 2.75) is 38.3 Å². The second kappa shape index (κ2) is 6.71. The van der Waals surface area contributed by atoms with Gasteiger partial charge in [-0.05, 0) is 12.8 Å². The van der Waals surface area contributed by atoms with E-state index >= 15 is 0 Å². The molecule has 0 spiro atoms. The lowest BCUT2D eigenvalue weighted by Gasteiger charge is -2.11. The Labute approximate surface area is 111 Å². The molecule has 1 N–H and O–H groups in total. The van der Waals surface area contributed by atoms with Crippen LogP contribution in [0.5, 0.6) is 0 Å². The van der Waals surface area contributed by atoms with Gasteiger partial charge >= 0.3 is 0 Å². The third kappa shape index (κ3) is 3.78. The maximum Gasteiger partial charge on any atom is 0.273 e. The van der Waals surface area contributed by atoms with Gasteiger partial charge in [-0.1, -0.05) is 31.0 Å². The van der Waals surface area contributed by atoms with E-state index in [4.69, 9.17) is 0 Å². The highest BCUT2D eigenvalue weighted by Gasteiger charge is 2.16. The van der Waals surface area contributed by atoms with Crippen LogP contribution in [0.2, 0.25) is 0 Å². The van der Waals surface area contributed by atoms with E-state index < -0.39 is 0 Å². The number of nitrogens with one attached hydrogen (secondary N) is 1. The van der Waals surface area contributed by atoms with Crippen LogP contribution in [0.15, 0.2) is 24.3 Å². The zero-order valence-corrected chi connectivity index (χ0v) is 11.3. The molecule has 1 fully saturated rings. The van der Waals surface area contributed by atoms with Gasteiger partial charge in [0.25, 0.3) is 5.69 Å². The van der Waals surface area contributed by atoms with E-state index in [0.29, 0.717) is 12.6 Å². The van der Waals surface area contributed by atoms with Gasteiger partial charge in [0.1, 0.15) is 0 Å². The fourth-order valence-electron chi connectivity index (χ4n) is 2.22. The minimum atomic E-state index is -0.314. The van der Waals surface area contributed by atoms with Gasteiger partial charge in [-0.25, -0.2) is 0 Å². The summed E-state index contributed by atoms with van der Waals surface area (Å²) >= 11 is 0. The van der Waals surface area contributed by atoms with Gasteiger partial charge in [0.2, 0.25) is 0 Å². The molecule has 0 heterocycles. The van der Waals surface area contributed by atoms with Crippen molar-refractivity contribution >= 4 is 22.7 Å². The number of hydrogen-bond acceptors (Lipinski definition) is 3. The molecule has 0 amide bonds. The Morgan fingerprint density at radius 2 is 1.94 bits per heavy atom. The number of para-hydroxylation sites is 1. The molecule has 1 saturated carbocycles. The van der Waals surface area contributed by atoms with Gasteiger partial charge in [0.15, 0.2) is 0 Å². The first kappa shape index (κ1) is 14.1. The van der Waals surface area contributed by atoms with Crippen molar-refractivity contribution in [1.29, 1.82) is 0 Å². The molecule has 0 radical (unpaired) electrons. The highest BCUT2D eigenvalue weighted by molar-refractivity contribution is 8.93. The fraction of sp³-hybridized carbons (Fsp3) is 0.500. The summed E-state index contributed by atoms with van der Waals surface area (Å²) in [6, 6.07) is 7.47. The van der Waals surface area contributed by atoms with Gasteiger partial charge in [-0.3, -0.25) is 10.1 Å². The van der Waals surface area contributed by atoms with Crippen LogP contribution in [0.3, 0.4) is 0 Å². The summed E-state index contributed by atoms with van der Waals surface area (Å²) in [5.74, 6) is 0. The summed E-state index contributed by atoms with van der Waals surface area (Å²) in [6.45, 7) is 0.599. The van der Waals surface area contributed by atoms with Crippen LogP contribution in [0.25, 0.3) is 0 Å². The van der Waals surface area contributed by atoms with Gasteiger partial charge in [0.05, 0.1) is 4.92 Å². The molecule has 1 aromatic carbocycles. The molecular weight excluding hydrogens is 284 g/mol. The van der Waals surface area contributed by atoms with E-state index in [-0.39, 0.29) is 27.6 Å². The Morgan fingerprint density at radius 1 is 1.29 bits per heavy atom. The monoisotopic (exact) mass is 300 g/mol. The SMILES string of the molecule is Br.O=[N+]([O-])c1ccccc1CNC1CCCC1. The van der Waals surface area contributed by atoms with Crippen LogP contribution in [0, 0.1) is 10.1 Å². The molecule has 0 aromatic heterocycles. The van der Waals surface area contributed by atoms with Crippen LogP contribution < -0.4 is 5.32 Å². The Balaban J connectivity index is 0.00000144. The molecular formula is C12H17BrN2O2. The van der Waals surface area contributed by atoms with Crippen molar-refractivity contribution in [2.75, 3.05) is 0 Å². The summed E-state index contributed by atoms with van der Waals surface area (Å²) in [6.07, 6.45) is 4.93. The van der Waals surface area contributed by atoms with E-state index in [9.17, 15) is 10.1 Å². The number of halogens is 1. The molecule has 0 aliphatic heterocycles. The molecule has 1 aliphatic carbocycles. The molecule has 94 valence electrons. The lowest BCUT2D eigenvalue weighted by molar-refractivity contribution is -0.385. The maximum atomic E-state index is 10.8. The zero-order valence-electron chi connectivity index (χ0n) is 9.59. The third-order valence-electron chi connectivity index (χ3n) is 3.12. The quantitative estimate of drug-likeness (QED) is 0.686. The zero-order chi connectivity index (χ0) is 11.4. The van der Waals surface area contributed by atoms with Crippen molar-refractivity contribution < 1.29 is 4.92 Å². The van der Waals surface area contributed by atoms with Crippen molar-refractivity contribution in [3.8, 4) is 0 Å². The second-order valence-electron chi connectivity index (χ2n) is 4.25. The summed E-state index contributed by atoms with van der Waals surface area (Å²) in [5.41, 5.74) is 0.993. The fourth-order valence-corrected chi connectivity index (χ4v) is 2.22. The normalized spacial score (nSPS) is 15.5. The van der Waals surface area contributed by atoms with Gasteiger partial charge in [-0.2, -0.15) is 0 Å². The Morgan fingerprint density at radius 3 is 2.59 bits per heavy atom. The first-order valence-corrected chi connectivity index (χ1v) is 5.73.